The van der Waals surface area contributed by atoms with Crippen molar-refractivity contribution in [2.45, 2.75) is 25.0 Å². The maximum atomic E-state index is 12.5. The molecular weight excluding hydrogens is 310 g/mol. The summed E-state index contributed by atoms with van der Waals surface area (Å²) in [7, 11) is 1.63. The zero-order chi connectivity index (χ0) is 16.9. The highest BCUT2D eigenvalue weighted by Gasteiger charge is 2.31. The smallest absolute Gasteiger partial charge is 0.246 e. The van der Waals surface area contributed by atoms with Crippen molar-refractivity contribution in [1.82, 2.24) is 15.5 Å². The van der Waals surface area contributed by atoms with Crippen LogP contribution >= 0.6 is 0 Å². The van der Waals surface area contributed by atoms with Crippen LogP contribution in [0.2, 0.25) is 0 Å². The molecule has 0 bridgehead atoms. The predicted molar refractivity (Wildman–Crippen MR) is 88.0 cm³/mol. The van der Waals surface area contributed by atoms with E-state index in [2.05, 4.69) is 10.6 Å². The monoisotopic (exact) mass is 333 g/mol. The van der Waals surface area contributed by atoms with Gasteiger partial charge < -0.3 is 25.0 Å². The molecule has 7 nitrogen and oxygen atoms in total. The Morgan fingerprint density at radius 2 is 1.83 bits per heavy atom. The number of nitrogens with zero attached hydrogens (tertiary/aromatic N) is 1. The van der Waals surface area contributed by atoms with Crippen molar-refractivity contribution in [1.29, 1.82) is 0 Å². The van der Waals surface area contributed by atoms with Gasteiger partial charge in [0, 0.05) is 32.5 Å². The fraction of sp³-hybridized carbons (Fsp3) is 0.529. The van der Waals surface area contributed by atoms with E-state index in [0.29, 0.717) is 19.6 Å². The molecule has 2 amide bonds. The SMILES string of the molecule is COc1ccc(OC2CCN(C(=O)[C@H]3CNCC(=O)N3)CC2)cc1. The number of carbonyl (C=O) groups is 2. The summed E-state index contributed by atoms with van der Waals surface area (Å²) in [6, 6.07) is 7.06. The van der Waals surface area contributed by atoms with Crippen LogP contribution in [0.1, 0.15) is 12.8 Å². The number of hydrogen-bond acceptors (Lipinski definition) is 5. The lowest BCUT2D eigenvalue weighted by atomic mass is 10.1. The molecule has 2 N–H and O–H groups in total. The van der Waals surface area contributed by atoms with Gasteiger partial charge in [-0.25, -0.2) is 0 Å². The van der Waals surface area contributed by atoms with Gasteiger partial charge in [-0.15, -0.1) is 0 Å². The van der Waals surface area contributed by atoms with Crippen LogP contribution < -0.4 is 20.1 Å². The number of piperazine rings is 1. The number of amides is 2. The molecule has 0 aromatic heterocycles. The number of methoxy groups -OCH3 is 1. The molecule has 2 aliphatic rings. The first-order chi connectivity index (χ1) is 11.7. The number of rotatable bonds is 4. The van der Waals surface area contributed by atoms with E-state index in [4.69, 9.17) is 9.47 Å². The largest absolute Gasteiger partial charge is 0.497 e. The van der Waals surface area contributed by atoms with Crippen LogP contribution in [0.4, 0.5) is 0 Å². The van der Waals surface area contributed by atoms with Gasteiger partial charge in [-0.1, -0.05) is 0 Å². The fourth-order valence-electron chi connectivity index (χ4n) is 3.04. The Balaban J connectivity index is 1.48. The lowest BCUT2D eigenvalue weighted by Crippen LogP contribution is -2.60. The molecule has 0 aliphatic carbocycles. The van der Waals surface area contributed by atoms with Gasteiger partial charge in [0.05, 0.1) is 13.7 Å². The van der Waals surface area contributed by atoms with Gasteiger partial charge in [0.25, 0.3) is 0 Å². The van der Waals surface area contributed by atoms with Crippen molar-refractivity contribution in [3.05, 3.63) is 24.3 Å². The number of piperidine rings is 1. The van der Waals surface area contributed by atoms with E-state index in [9.17, 15) is 9.59 Å². The number of nitrogens with one attached hydrogen (secondary N) is 2. The van der Waals surface area contributed by atoms with E-state index in [0.717, 1.165) is 24.3 Å². The first-order valence-corrected chi connectivity index (χ1v) is 8.25. The number of carbonyl (C=O) groups excluding carboxylic acids is 2. The van der Waals surface area contributed by atoms with Crippen LogP contribution in [0.3, 0.4) is 0 Å². The van der Waals surface area contributed by atoms with Crippen LogP contribution in [0.25, 0.3) is 0 Å². The lowest BCUT2D eigenvalue weighted by Gasteiger charge is -2.35. The number of ether oxygens (including phenoxy) is 2. The molecule has 24 heavy (non-hydrogen) atoms. The Hall–Kier alpha value is -2.28. The molecule has 0 radical (unpaired) electrons. The maximum Gasteiger partial charge on any atom is 0.246 e. The van der Waals surface area contributed by atoms with Crippen molar-refractivity contribution in [2.75, 3.05) is 33.3 Å². The van der Waals surface area contributed by atoms with E-state index in [-0.39, 0.29) is 24.5 Å². The minimum absolute atomic E-state index is 0.0153. The van der Waals surface area contributed by atoms with Gasteiger partial charge in [-0.2, -0.15) is 0 Å². The van der Waals surface area contributed by atoms with Crippen molar-refractivity contribution in [3.8, 4) is 11.5 Å². The van der Waals surface area contributed by atoms with Crippen molar-refractivity contribution >= 4 is 11.8 Å². The third-order valence-electron chi connectivity index (χ3n) is 4.38. The highest BCUT2D eigenvalue weighted by molar-refractivity contribution is 5.89. The highest BCUT2D eigenvalue weighted by atomic mass is 16.5. The normalized spacial score (nSPS) is 22.0. The summed E-state index contributed by atoms with van der Waals surface area (Å²) in [4.78, 5) is 25.7. The first kappa shape index (κ1) is 16.6. The van der Waals surface area contributed by atoms with E-state index in [1.807, 2.05) is 29.2 Å². The second-order valence-electron chi connectivity index (χ2n) is 6.07. The molecule has 1 aromatic rings. The summed E-state index contributed by atoms with van der Waals surface area (Å²) in [5.41, 5.74) is 0. The molecule has 2 saturated heterocycles. The minimum atomic E-state index is -0.453. The summed E-state index contributed by atoms with van der Waals surface area (Å²) >= 11 is 0. The third kappa shape index (κ3) is 3.97. The predicted octanol–water partition coefficient (Wildman–Crippen LogP) is 0.153. The van der Waals surface area contributed by atoms with Gasteiger partial charge in [0.15, 0.2) is 0 Å². The molecule has 1 aromatic carbocycles. The molecule has 1 atom stereocenters. The molecule has 0 unspecified atom stereocenters. The topological polar surface area (TPSA) is 79.9 Å². The molecular formula is C17H23N3O4. The van der Waals surface area contributed by atoms with E-state index in [1.165, 1.54) is 0 Å². The molecule has 3 rings (SSSR count). The Labute approximate surface area is 141 Å². The molecule has 2 heterocycles. The summed E-state index contributed by atoms with van der Waals surface area (Å²) in [6.45, 7) is 2.06. The van der Waals surface area contributed by atoms with Crippen LogP contribution in [0.5, 0.6) is 11.5 Å². The van der Waals surface area contributed by atoms with E-state index in [1.54, 1.807) is 7.11 Å². The second kappa shape index (κ2) is 7.53. The fourth-order valence-corrected chi connectivity index (χ4v) is 3.04. The maximum absolute atomic E-state index is 12.5. The summed E-state index contributed by atoms with van der Waals surface area (Å²) in [5, 5.41) is 5.70. The van der Waals surface area contributed by atoms with Crippen molar-refractivity contribution in [3.63, 3.8) is 0 Å². The average molecular weight is 333 g/mol. The molecule has 0 spiro atoms. The van der Waals surface area contributed by atoms with Crippen LogP contribution in [-0.2, 0) is 9.59 Å². The highest BCUT2D eigenvalue weighted by Crippen LogP contribution is 2.22. The average Bonchev–Trinajstić information content (AvgIpc) is 2.62. The summed E-state index contributed by atoms with van der Waals surface area (Å²) in [6.07, 6.45) is 1.67. The zero-order valence-corrected chi connectivity index (χ0v) is 13.8. The minimum Gasteiger partial charge on any atom is -0.497 e. The number of likely N-dealkylation sites (tertiary alicyclic amines) is 1. The summed E-state index contributed by atoms with van der Waals surface area (Å²) in [5.74, 6) is 1.46. The van der Waals surface area contributed by atoms with E-state index >= 15 is 0 Å². The second-order valence-corrected chi connectivity index (χ2v) is 6.07. The molecule has 2 fully saturated rings. The van der Waals surface area contributed by atoms with Gasteiger partial charge >= 0.3 is 0 Å². The van der Waals surface area contributed by atoms with Gasteiger partial charge in [-0.05, 0) is 24.3 Å². The number of hydrogen-bond donors (Lipinski definition) is 2. The first-order valence-electron chi connectivity index (χ1n) is 8.25. The Bertz CT molecular complexity index is 582. The van der Waals surface area contributed by atoms with Gasteiger partial charge in [0.2, 0.25) is 11.8 Å². The van der Waals surface area contributed by atoms with Crippen LogP contribution in [0.15, 0.2) is 24.3 Å². The zero-order valence-electron chi connectivity index (χ0n) is 13.8. The Kier molecular flexibility index (Phi) is 5.20. The lowest BCUT2D eigenvalue weighted by molar-refractivity contribution is -0.138. The van der Waals surface area contributed by atoms with Crippen LogP contribution in [-0.4, -0.2) is 62.1 Å². The Morgan fingerprint density at radius 1 is 1.17 bits per heavy atom. The molecule has 0 saturated carbocycles. The Morgan fingerprint density at radius 3 is 2.46 bits per heavy atom. The molecule has 7 heteroatoms. The third-order valence-corrected chi connectivity index (χ3v) is 4.38. The van der Waals surface area contributed by atoms with Crippen molar-refractivity contribution < 1.29 is 19.1 Å². The van der Waals surface area contributed by atoms with Gasteiger partial charge in [0.1, 0.15) is 23.6 Å². The van der Waals surface area contributed by atoms with Gasteiger partial charge in [-0.3, -0.25) is 9.59 Å². The number of benzene rings is 1. The molecule has 2 aliphatic heterocycles. The molecule has 130 valence electrons. The summed E-state index contributed by atoms with van der Waals surface area (Å²) < 4.78 is 11.1. The van der Waals surface area contributed by atoms with Crippen molar-refractivity contribution in [2.24, 2.45) is 0 Å². The van der Waals surface area contributed by atoms with Crippen LogP contribution in [0, 0.1) is 0 Å². The standard InChI is InChI=1S/C17H23N3O4/c1-23-12-2-4-13(5-3-12)24-14-6-8-20(9-7-14)17(22)15-10-18-11-16(21)19-15/h2-5,14-15,18H,6-11H2,1H3,(H,19,21)/t15-/m1/s1. The van der Waals surface area contributed by atoms with E-state index < -0.39 is 6.04 Å². The quantitative estimate of drug-likeness (QED) is 0.820.